The van der Waals surface area contributed by atoms with Gasteiger partial charge >= 0.3 is 11.9 Å². The largest absolute Gasteiger partial charge is 0.497 e. The number of hydrogen-bond donors (Lipinski definition) is 1. The molecule has 0 saturated heterocycles. The molecule has 10 heteroatoms. The van der Waals surface area contributed by atoms with Crippen molar-refractivity contribution in [1.29, 1.82) is 0 Å². The van der Waals surface area contributed by atoms with Gasteiger partial charge in [-0.25, -0.2) is 14.6 Å². The van der Waals surface area contributed by atoms with Crippen LogP contribution in [0.25, 0.3) is 17.4 Å². The van der Waals surface area contributed by atoms with Gasteiger partial charge in [0.15, 0.2) is 4.80 Å². The molecule has 0 amide bonds. The Morgan fingerprint density at radius 2 is 1.95 bits per heavy atom. The Hall–Kier alpha value is -4.70. The maximum atomic E-state index is 13.8. The van der Waals surface area contributed by atoms with E-state index in [4.69, 9.17) is 13.9 Å². The van der Waals surface area contributed by atoms with Gasteiger partial charge in [0.2, 0.25) is 0 Å². The van der Waals surface area contributed by atoms with Crippen molar-refractivity contribution in [3.63, 3.8) is 0 Å². The number of furan rings is 1. The van der Waals surface area contributed by atoms with Crippen molar-refractivity contribution in [2.75, 3.05) is 13.7 Å². The first-order valence-corrected chi connectivity index (χ1v) is 12.9. The molecule has 0 unspecified atom stereocenters. The number of carboxylic acids is 1. The zero-order valence-corrected chi connectivity index (χ0v) is 22.2. The summed E-state index contributed by atoms with van der Waals surface area (Å²) < 4.78 is 18.4. The van der Waals surface area contributed by atoms with Crippen molar-refractivity contribution < 1.29 is 28.6 Å². The number of allylic oxidation sites excluding steroid dienone is 1. The predicted octanol–water partition coefficient (Wildman–Crippen LogP) is 3.77. The van der Waals surface area contributed by atoms with Gasteiger partial charge in [0, 0.05) is 11.6 Å². The van der Waals surface area contributed by atoms with Gasteiger partial charge in [-0.05, 0) is 49.7 Å². The van der Waals surface area contributed by atoms with Gasteiger partial charge in [-0.1, -0.05) is 41.7 Å². The number of methoxy groups -OCH3 is 1. The third kappa shape index (κ3) is 4.82. The number of carbonyl (C=O) groups excluding carboxylic acids is 1. The van der Waals surface area contributed by atoms with Crippen LogP contribution in [-0.4, -0.2) is 35.3 Å². The fourth-order valence-electron chi connectivity index (χ4n) is 4.51. The molecule has 9 nitrogen and oxygen atoms in total. The van der Waals surface area contributed by atoms with Crippen LogP contribution < -0.4 is 19.6 Å². The van der Waals surface area contributed by atoms with E-state index >= 15 is 0 Å². The highest BCUT2D eigenvalue weighted by Gasteiger charge is 2.33. The number of carbonyl (C=O) groups is 2. The van der Waals surface area contributed by atoms with Crippen LogP contribution in [0, 0.1) is 0 Å². The van der Waals surface area contributed by atoms with Crippen LogP contribution in [0.4, 0.5) is 0 Å². The van der Waals surface area contributed by atoms with E-state index in [1.54, 1.807) is 75.6 Å². The zero-order chi connectivity index (χ0) is 27.7. The van der Waals surface area contributed by atoms with Gasteiger partial charge < -0.3 is 19.0 Å². The molecule has 1 N–H and O–H groups in total. The summed E-state index contributed by atoms with van der Waals surface area (Å²) in [6, 6.07) is 16.3. The van der Waals surface area contributed by atoms with E-state index in [2.05, 4.69) is 4.99 Å². The lowest BCUT2D eigenvalue weighted by Crippen LogP contribution is -2.39. The van der Waals surface area contributed by atoms with Crippen molar-refractivity contribution in [3.05, 3.63) is 109 Å². The van der Waals surface area contributed by atoms with Crippen LogP contribution >= 0.6 is 11.3 Å². The van der Waals surface area contributed by atoms with E-state index < -0.39 is 18.0 Å². The molecular weight excluding hydrogens is 520 g/mol. The molecule has 1 atom stereocenters. The van der Waals surface area contributed by atoms with Crippen molar-refractivity contribution in [2.45, 2.75) is 19.9 Å². The molecule has 0 fully saturated rings. The van der Waals surface area contributed by atoms with E-state index in [1.165, 1.54) is 22.0 Å². The van der Waals surface area contributed by atoms with Gasteiger partial charge in [-0.15, -0.1) is 0 Å². The van der Waals surface area contributed by atoms with Crippen LogP contribution in [0.2, 0.25) is 0 Å². The molecule has 2 aromatic heterocycles. The molecule has 0 radical (unpaired) electrons. The predicted molar refractivity (Wildman–Crippen MR) is 144 cm³/mol. The summed E-state index contributed by atoms with van der Waals surface area (Å²) >= 11 is 1.17. The second-order valence-electron chi connectivity index (χ2n) is 8.63. The maximum absolute atomic E-state index is 13.8. The Labute approximate surface area is 226 Å². The van der Waals surface area contributed by atoms with Crippen molar-refractivity contribution >= 4 is 29.4 Å². The third-order valence-corrected chi connectivity index (χ3v) is 7.23. The smallest absolute Gasteiger partial charge is 0.338 e. The minimum absolute atomic E-state index is 0.109. The summed E-state index contributed by atoms with van der Waals surface area (Å²) in [6.07, 6.45) is 1.59. The lowest BCUT2D eigenvalue weighted by molar-refractivity contribution is -0.139. The maximum Gasteiger partial charge on any atom is 0.338 e. The summed E-state index contributed by atoms with van der Waals surface area (Å²) in [5, 5.41) is 9.52. The Kier molecular flexibility index (Phi) is 7.03. The summed E-state index contributed by atoms with van der Waals surface area (Å²) in [4.78, 5) is 43.4. The molecular formula is C29H24N2O7S. The van der Waals surface area contributed by atoms with Gasteiger partial charge in [-0.3, -0.25) is 9.36 Å². The van der Waals surface area contributed by atoms with Crippen LogP contribution in [0.15, 0.2) is 86.1 Å². The number of benzene rings is 2. The Balaban J connectivity index is 1.65. The van der Waals surface area contributed by atoms with Gasteiger partial charge in [-0.2, -0.15) is 0 Å². The van der Waals surface area contributed by atoms with Crippen molar-refractivity contribution in [3.8, 4) is 17.1 Å². The lowest BCUT2D eigenvalue weighted by atomic mass is 9.95. The van der Waals surface area contributed by atoms with E-state index in [9.17, 15) is 19.5 Å². The van der Waals surface area contributed by atoms with Gasteiger partial charge in [0.05, 0.1) is 41.1 Å². The number of nitrogens with zero attached hydrogens (tertiary/aromatic N) is 2. The van der Waals surface area contributed by atoms with Crippen molar-refractivity contribution in [2.24, 2.45) is 4.99 Å². The Morgan fingerprint density at radius 1 is 1.15 bits per heavy atom. The van der Waals surface area contributed by atoms with Crippen LogP contribution in [0.5, 0.6) is 5.75 Å². The number of aromatic nitrogens is 1. The van der Waals surface area contributed by atoms with Gasteiger partial charge in [0.1, 0.15) is 17.3 Å². The fourth-order valence-corrected chi connectivity index (χ4v) is 5.53. The molecule has 0 bridgehead atoms. The number of thiazole rings is 1. The SMILES string of the molecule is CCOC(=O)C1=C(C)N=c2s/c(=C\c3ccc(-c4ccccc4C(=O)O)o3)c(=O)n2[C@H]1c1cccc(OC)c1. The number of aromatic carboxylic acids is 1. The highest BCUT2D eigenvalue weighted by molar-refractivity contribution is 7.07. The Bertz CT molecular complexity index is 1810. The van der Waals surface area contributed by atoms with E-state index in [-0.39, 0.29) is 23.3 Å². The fraction of sp³-hybridized carbons (Fsp3) is 0.172. The second kappa shape index (κ2) is 10.6. The average molecular weight is 545 g/mol. The van der Waals surface area contributed by atoms with Crippen LogP contribution in [0.1, 0.15) is 41.6 Å². The second-order valence-corrected chi connectivity index (χ2v) is 9.64. The molecule has 198 valence electrons. The molecule has 0 saturated carbocycles. The molecule has 1 aliphatic heterocycles. The monoisotopic (exact) mass is 544 g/mol. The number of carboxylic acid groups (broad SMARTS) is 1. The quantitative estimate of drug-likeness (QED) is 0.352. The molecule has 2 aromatic carbocycles. The first-order chi connectivity index (χ1) is 18.8. The third-order valence-electron chi connectivity index (χ3n) is 6.25. The van der Waals surface area contributed by atoms with Crippen LogP contribution in [0.3, 0.4) is 0 Å². The molecule has 3 heterocycles. The lowest BCUT2D eigenvalue weighted by Gasteiger charge is -2.24. The summed E-state index contributed by atoms with van der Waals surface area (Å²) in [5.74, 6) is -0.301. The number of hydrogen-bond acceptors (Lipinski definition) is 8. The zero-order valence-electron chi connectivity index (χ0n) is 21.3. The summed E-state index contributed by atoms with van der Waals surface area (Å²) in [5.41, 5.74) is 1.58. The number of esters is 1. The molecule has 39 heavy (non-hydrogen) atoms. The molecule has 1 aliphatic rings. The first kappa shape index (κ1) is 25.9. The average Bonchev–Trinajstić information content (AvgIpc) is 3.52. The summed E-state index contributed by atoms with van der Waals surface area (Å²) in [7, 11) is 1.55. The van der Waals surface area contributed by atoms with Crippen LogP contribution in [-0.2, 0) is 9.53 Å². The number of ether oxygens (including phenoxy) is 2. The first-order valence-electron chi connectivity index (χ1n) is 12.1. The van der Waals surface area contributed by atoms with E-state index in [1.807, 2.05) is 6.07 Å². The number of fused-ring (bicyclic) bond motifs is 1. The molecule has 0 spiro atoms. The highest BCUT2D eigenvalue weighted by atomic mass is 32.1. The summed E-state index contributed by atoms with van der Waals surface area (Å²) in [6.45, 7) is 3.61. The van der Waals surface area contributed by atoms with Crippen molar-refractivity contribution in [1.82, 2.24) is 4.57 Å². The minimum atomic E-state index is -1.07. The number of rotatable bonds is 7. The molecule has 5 rings (SSSR count). The normalized spacial score (nSPS) is 15.1. The highest BCUT2D eigenvalue weighted by Crippen LogP contribution is 2.32. The molecule has 0 aliphatic carbocycles. The van der Waals surface area contributed by atoms with E-state index in [0.29, 0.717) is 43.4 Å². The van der Waals surface area contributed by atoms with E-state index in [0.717, 1.165) is 0 Å². The van der Waals surface area contributed by atoms with Gasteiger partial charge in [0.25, 0.3) is 5.56 Å². The minimum Gasteiger partial charge on any atom is -0.497 e. The molecule has 4 aromatic rings. The topological polar surface area (TPSA) is 120 Å². The standard InChI is InChI=1S/C29H24N2O7S/c1-4-37-28(35)24-16(2)30-29-31(25(24)17-8-7-9-18(14-17)36-3)26(32)23(39-29)15-19-12-13-22(38-19)20-10-5-6-11-21(20)27(33)34/h5-15,25H,4H2,1-3H3,(H,33,34)/b23-15-/t25-/m0/s1. The Morgan fingerprint density at radius 3 is 2.69 bits per heavy atom.